The highest BCUT2D eigenvalue weighted by Crippen LogP contribution is 2.20. The average Bonchev–Trinajstić information content (AvgIpc) is 2.65. The van der Waals surface area contributed by atoms with E-state index in [1.54, 1.807) is 12.1 Å². The number of hydrogen-bond acceptors (Lipinski definition) is 3. The Balaban J connectivity index is 1.78. The molecule has 27 heavy (non-hydrogen) atoms. The molecule has 0 fully saturated rings. The lowest BCUT2D eigenvalue weighted by Crippen LogP contribution is -2.39. The Hall–Kier alpha value is -2.93. The summed E-state index contributed by atoms with van der Waals surface area (Å²) in [6.45, 7) is 2.35. The predicted molar refractivity (Wildman–Crippen MR) is 106 cm³/mol. The van der Waals surface area contributed by atoms with E-state index in [9.17, 15) is 13.2 Å². The summed E-state index contributed by atoms with van der Waals surface area (Å²) in [4.78, 5) is 12.6. The summed E-state index contributed by atoms with van der Waals surface area (Å²) in [5.74, 6) is -0.448. The van der Waals surface area contributed by atoms with Crippen LogP contribution in [0.5, 0.6) is 0 Å². The third kappa shape index (κ3) is 4.43. The second-order valence-corrected chi connectivity index (χ2v) is 7.93. The molecule has 0 bridgehead atoms. The van der Waals surface area contributed by atoms with Crippen molar-refractivity contribution in [2.24, 2.45) is 4.40 Å². The molecule has 2 aromatic rings. The van der Waals surface area contributed by atoms with Crippen molar-refractivity contribution in [3.8, 4) is 0 Å². The highest BCUT2D eigenvalue weighted by molar-refractivity contribution is 7.88. The first kappa shape index (κ1) is 18.8. The number of rotatable bonds is 5. The second kappa shape index (κ2) is 7.75. The minimum Gasteiger partial charge on any atom is -0.350 e. The first-order valence-electron chi connectivity index (χ1n) is 8.56. The van der Waals surface area contributed by atoms with Crippen molar-refractivity contribution >= 4 is 21.8 Å². The quantitative estimate of drug-likeness (QED) is 0.860. The highest BCUT2D eigenvalue weighted by Gasteiger charge is 2.29. The Bertz CT molecular complexity index is 995. The minimum atomic E-state index is -3.95. The number of aryl methyl sites for hydroxylation is 1. The van der Waals surface area contributed by atoms with Crippen LogP contribution in [-0.4, -0.2) is 37.9 Å². The number of benzene rings is 2. The number of likely N-dealkylation sites (N-methyl/N-ethyl adjacent to an activating group) is 1. The molecule has 7 heteroatoms. The molecule has 140 valence electrons. The molecule has 3 rings (SSSR count). The van der Waals surface area contributed by atoms with Gasteiger partial charge < -0.3 is 5.32 Å². The van der Waals surface area contributed by atoms with E-state index in [0.717, 1.165) is 15.4 Å². The molecule has 1 N–H and O–H groups in total. The fourth-order valence-corrected chi connectivity index (χ4v) is 3.59. The molecular formula is C20H21N3O3S. The van der Waals surface area contributed by atoms with Crippen LogP contribution < -0.4 is 5.32 Å². The molecule has 0 radical (unpaired) electrons. The summed E-state index contributed by atoms with van der Waals surface area (Å²) in [5.41, 5.74) is 3.10. The summed E-state index contributed by atoms with van der Waals surface area (Å²) in [7, 11) is -2.62. The number of nitrogens with zero attached hydrogens (tertiary/aromatic N) is 2. The second-order valence-electron chi connectivity index (χ2n) is 6.31. The van der Waals surface area contributed by atoms with Gasteiger partial charge in [0, 0.05) is 19.2 Å². The monoisotopic (exact) mass is 383 g/mol. The van der Waals surface area contributed by atoms with Crippen molar-refractivity contribution in [3.05, 3.63) is 83.1 Å². The van der Waals surface area contributed by atoms with Crippen LogP contribution in [0.25, 0.3) is 0 Å². The Morgan fingerprint density at radius 2 is 1.74 bits per heavy atom. The van der Waals surface area contributed by atoms with Crippen LogP contribution in [-0.2, 0) is 21.4 Å². The first-order chi connectivity index (χ1) is 12.9. The van der Waals surface area contributed by atoms with Gasteiger partial charge in [0.05, 0.1) is 5.71 Å². The maximum Gasteiger partial charge on any atom is 0.345 e. The predicted octanol–water partition coefficient (Wildman–Crippen LogP) is 2.22. The fourth-order valence-electron chi connectivity index (χ4n) is 2.68. The zero-order valence-electron chi connectivity index (χ0n) is 15.2. The molecule has 0 saturated heterocycles. The van der Waals surface area contributed by atoms with E-state index in [2.05, 4.69) is 9.71 Å². The van der Waals surface area contributed by atoms with Crippen molar-refractivity contribution in [2.45, 2.75) is 13.3 Å². The normalized spacial score (nSPS) is 15.7. The number of carbonyl (C=O) groups is 1. The topological polar surface area (TPSA) is 78.8 Å². The third-order valence-electron chi connectivity index (χ3n) is 4.29. The Morgan fingerprint density at radius 1 is 1.07 bits per heavy atom. The molecule has 0 atom stereocenters. The minimum absolute atomic E-state index is 0.0497. The van der Waals surface area contributed by atoms with Crippen LogP contribution in [0.4, 0.5) is 0 Å². The largest absolute Gasteiger partial charge is 0.350 e. The van der Waals surface area contributed by atoms with Gasteiger partial charge in [0.25, 0.3) is 5.91 Å². The van der Waals surface area contributed by atoms with Gasteiger partial charge in [0.15, 0.2) is 0 Å². The van der Waals surface area contributed by atoms with Crippen LogP contribution in [0.15, 0.2) is 70.8 Å². The van der Waals surface area contributed by atoms with Gasteiger partial charge in [-0.3, -0.25) is 4.79 Å². The lowest BCUT2D eigenvalue weighted by molar-refractivity contribution is -0.118. The standard InChI is InChI=1S/C20H21N3O3S/c1-15-8-10-17(11-9-15)18-14-19(23(2)27(25,26)22-18)20(24)21-13-12-16-6-4-3-5-7-16/h3-11,14H,12-13H2,1-2H3,(H,21,24). The summed E-state index contributed by atoms with van der Waals surface area (Å²) >= 11 is 0. The van der Waals surface area contributed by atoms with Gasteiger partial charge in [-0.25, -0.2) is 4.31 Å². The lowest BCUT2D eigenvalue weighted by atomic mass is 10.1. The van der Waals surface area contributed by atoms with Gasteiger partial charge in [-0.1, -0.05) is 60.2 Å². The van der Waals surface area contributed by atoms with E-state index >= 15 is 0 Å². The Labute approximate surface area is 159 Å². The van der Waals surface area contributed by atoms with Crippen LogP contribution in [0.2, 0.25) is 0 Å². The molecule has 1 amide bonds. The smallest absolute Gasteiger partial charge is 0.345 e. The van der Waals surface area contributed by atoms with Crippen molar-refractivity contribution in [3.63, 3.8) is 0 Å². The number of nitrogens with one attached hydrogen (secondary N) is 1. The Kier molecular flexibility index (Phi) is 5.41. The maximum atomic E-state index is 12.6. The summed E-state index contributed by atoms with van der Waals surface area (Å²) in [6.07, 6.45) is 2.17. The Morgan fingerprint density at radius 3 is 2.41 bits per heavy atom. The van der Waals surface area contributed by atoms with Crippen molar-refractivity contribution < 1.29 is 13.2 Å². The van der Waals surface area contributed by atoms with Crippen molar-refractivity contribution in [1.29, 1.82) is 0 Å². The number of carbonyl (C=O) groups excluding carboxylic acids is 1. The summed E-state index contributed by atoms with van der Waals surface area (Å²) in [5, 5.41) is 2.78. The highest BCUT2D eigenvalue weighted by atomic mass is 32.2. The zero-order valence-corrected chi connectivity index (χ0v) is 16.0. The van der Waals surface area contributed by atoms with Gasteiger partial charge in [-0.15, -0.1) is 4.40 Å². The van der Waals surface area contributed by atoms with Gasteiger partial charge in [-0.05, 0) is 25.0 Å². The summed E-state index contributed by atoms with van der Waals surface area (Å²) in [6, 6.07) is 17.1. The molecule has 0 saturated carbocycles. The van der Waals surface area contributed by atoms with E-state index in [1.165, 1.54) is 13.1 Å². The third-order valence-corrected chi connectivity index (χ3v) is 5.61. The molecule has 1 heterocycles. The number of amides is 1. The van der Waals surface area contributed by atoms with Crippen molar-refractivity contribution in [2.75, 3.05) is 13.6 Å². The van der Waals surface area contributed by atoms with Crippen LogP contribution >= 0.6 is 0 Å². The SMILES string of the molecule is Cc1ccc(C2=NS(=O)(=O)N(C)C(C(=O)NCCc3ccccc3)=C2)cc1. The van der Waals surface area contributed by atoms with Crippen molar-refractivity contribution in [1.82, 2.24) is 9.62 Å². The van der Waals surface area contributed by atoms with E-state index in [-0.39, 0.29) is 11.4 Å². The average molecular weight is 383 g/mol. The first-order valence-corrected chi connectivity index (χ1v) is 9.96. The zero-order chi connectivity index (χ0) is 19.4. The molecule has 0 unspecified atom stereocenters. The van der Waals surface area contributed by atoms with Crippen LogP contribution in [0.1, 0.15) is 16.7 Å². The van der Waals surface area contributed by atoms with Crippen LogP contribution in [0, 0.1) is 6.92 Å². The van der Waals surface area contributed by atoms with E-state index in [4.69, 9.17) is 0 Å². The molecule has 6 nitrogen and oxygen atoms in total. The number of hydrogen-bond donors (Lipinski definition) is 1. The molecule has 0 spiro atoms. The van der Waals surface area contributed by atoms with E-state index in [1.807, 2.05) is 49.4 Å². The lowest BCUT2D eigenvalue weighted by Gasteiger charge is -2.23. The van der Waals surface area contributed by atoms with E-state index < -0.39 is 16.1 Å². The van der Waals surface area contributed by atoms with E-state index in [0.29, 0.717) is 18.5 Å². The number of allylic oxidation sites excluding steroid dienone is 1. The molecule has 1 aliphatic rings. The van der Waals surface area contributed by atoms with Gasteiger partial charge >= 0.3 is 10.2 Å². The summed E-state index contributed by atoms with van der Waals surface area (Å²) < 4.78 is 29.4. The molecule has 0 aliphatic carbocycles. The molecular weight excluding hydrogens is 362 g/mol. The molecule has 0 aromatic heterocycles. The van der Waals surface area contributed by atoms with Gasteiger partial charge in [0.1, 0.15) is 5.70 Å². The van der Waals surface area contributed by atoms with Crippen LogP contribution in [0.3, 0.4) is 0 Å². The molecule has 1 aliphatic heterocycles. The van der Waals surface area contributed by atoms with Gasteiger partial charge in [-0.2, -0.15) is 8.42 Å². The fraction of sp³-hybridized carbons (Fsp3) is 0.200. The molecule has 2 aromatic carbocycles. The van der Waals surface area contributed by atoms with Gasteiger partial charge in [0.2, 0.25) is 0 Å². The maximum absolute atomic E-state index is 12.6.